The van der Waals surface area contributed by atoms with Crippen molar-refractivity contribution in [1.29, 1.82) is 0 Å². The molecule has 4 aliphatic rings. The molecular formula is C23H28N4O. The average Bonchev–Trinajstić information content (AvgIpc) is 3.17. The Hall–Kier alpha value is -2.14. The molecule has 0 saturated carbocycles. The van der Waals surface area contributed by atoms with Crippen LogP contribution in [0.15, 0.2) is 35.9 Å². The van der Waals surface area contributed by atoms with Crippen molar-refractivity contribution in [2.45, 2.75) is 50.6 Å². The highest BCUT2D eigenvalue weighted by Crippen LogP contribution is 2.45. The molecule has 28 heavy (non-hydrogen) atoms. The van der Waals surface area contributed by atoms with Crippen LogP contribution in [0.1, 0.15) is 49.0 Å². The zero-order valence-corrected chi connectivity index (χ0v) is 16.3. The Kier molecular flexibility index (Phi) is 3.86. The molecule has 1 N–H and O–H groups in total. The van der Waals surface area contributed by atoms with Gasteiger partial charge >= 0.3 is 0 Å². The van der Waals surface area contributed by atoms with Crippen molar-refractivity contribution in [3.8, 4) is 0 Å². The number of piperidine rings is 3. The van der Waals surface area contributed by atoms with Crippen molar-refractivity contribution >= 4 is 16.8 Å². The standard InChI is InChI=1S/C23H28N4O/c28-23(21-18-7-1-2-8-19(18)24-25-21)27-11-5-6-15-12-16-13-17(22(15)27)14-26-10-4-3-9-20(16)26/h1-2,7-8,12,16-17,20,22H,3-6,9-11,13-14H2,(H,24,25). The Morgan fingerprint density at radius 2 is 2.07 bits per heavy atom. The lowest BCUT2D eigenvalue weighted by Gasteiger charge is -2.54. The molecule has 4 unspecified atom stereocenters. The highest BCUT2D eigenvalue weighted by molar-refractivity contribution is 6.04. The molecule has 1 amide bonds. The number of para-hydroxylation sites is 1. The molecule has 5 nitrogen and oxygen atoms in total. The number of benzene rings is 1. The first-order valence-corrected chi connectivity index (χ1v) is 11.0. The second kappa shape index (κ2) is 6.45. The average molecular weight is 377 g/mol. The number of carbonyl (C=O) groups excluding carboxylic acids is 1. The Morgan fingerprint density at radius 3 is 3.04 bits per heavy atom. The number of nitrogens with zero attached hydrogens (tertiary/aromatic N) is 3. The minimum absolute atomic E-state index is 0.104. The van der Waals surface area contributed by atoms with E-state index in [4.69, 9.17) is 0 Å². The molecular weight excluding hydrogens is 348 g/mol. The van der Waals surface area contributed by atoms with E-state index in [1.807, 2.05) is 24.3 Å². The van der Waals surface area contributed by atoms with Crippen LogP contribution in [0.25, 0.3) is 10.9 Å². The highest BCUT2D eigenvalue weighted by Gasteiger charge is 2.47. The Balaban J connectivity index is 1.36. The molecule has 0 radical (unpaired) electrons. The first kappa shape index (κ1) is 16.8. The topological polar surface area (TPSA) is 52.2 Å². The normalized spacial score (nSPS) is 32.6. The molecule has 5 heteroatoms. The zero-order valence-electron chi connectivity index (χ0n) is 16.3. The number of hydrogen-bond donors (Lipinski definition) is 1. The van der Waals surface area contributed by atoms with Crippen molar-refractivity contribution in [2.24, 2.45) is 11.8 Å². The Bertz CT molecular complexity index is 947. The van der Waals surface area contributed by atoms with Gasteiger partial charge in [-0.3, -0.25) is 14.8 Å². The molecule has 4 atom stereocenters. The van der Waals surface area contributed by atoms with Gasteiger partial charge in [0.05, 0.1) is 11.6 Å². The molecule has 4 heterocycles. The van der Waals surface area contributed by atoms with E-state index in [-0.39, 0.29) is 11.9 Å². The summed E-state index contributed by atoms with van der Waals surface area (Å²) in [5.74, 6) is 1.38. The Labute approximate surface area is 165 Å². The van der Waals surface area contributed by atoms with Crippen LogP contribution < -0.4 is 0 Å². The lowest BCUT2D eigenvalue weighted by molar-refractivity contribution is 0.00136. The summed E-state index contributed by atoms with van der Waals surface area (Å²) in [6.45, 7) is 3.26. The van der Waals surface area contributed by atoms with Gasteiger partial charge in [0.25, 0.3) is 5.91 Å². The summed E-state index contributed by atoms with van der Waals surface area (Å²) in [4.78, 5) is 18.5. The van der Waals surface area contributed by atoms with E-state index in [0.29, 0.717) is 17.5 Å². The molecule has 2 aromatic rings. The van der Waals surface area contributed by atoms with Gasteiger partial charge in [-0.1, -0.05) is 36.3 Å². The highest BCUT2D eigenvalue weighted by atomic mass is 16.2. The fraction of sp³-hybridized carbons (Fsp3) is 0.565. The molecule has 0 spiro atoms. The monoisotopic (exact) mass is 376 g/mol. The van der Waals surface area contributed by atoms with Crippen LogP contribution in [0.5, 0.6) is 0 Å². The second-order valence-electron chi connectivity index (χ2n) is 9.12. The van der Waals surface area contributed by atoms with Gasteiger partial charge in [-0.15, -0.1) is 0 Å². The van der Waals surface area contributed by atoms with Crippen molar-refractivity contribution < 1.29 is 4.79 Å². The van der Waals surface area contributed by atoms with E-state index < -0.39 is 0 Å². The maximum atomic E-state index is 13.6. The first-order valence-electron chi connectivity index (χ1n) is 11.0. The number of rotatable bonds is 1. The largest absolute Gasteiger partial charge is 0.330 e. The molecule has 3 aliphatic heterocycles. The van der Waals surface area contributed by atoms with Crippen molar-refractivity contribution in [1.82, 2.24) is 20.0 Å². The fourth-order valence-corrected chi connectivity index (χ4v) is 6.46. The van der Waals surface area contributed by atoms with Gasteiger partial charge in [0.15, 0.2) is 5.69 Å². The number of nitrogens with one attached hydrogen (secondary N) is 1. The van der Waals surface area contributed by atoms with E-state index >= 15 is 0 Å². The number of carbonyl (C=O) groups is 1. The van der Waals surface area contributed by atoms with Gasteiger partial charge in [0, 0.05) is 24.5 Å². The molecule has 1 aromatic heterocycles. The summed E-state index contributed by atoms with van der Waals surface area (Å²) in [6.07, 6.45) is 10.1. The number of amides is 1. The SMILES string of the molecule is O=C(c1n[nH]c2ccccc12)N1CCCC2=CC3CC(CN4CCCCC34)C21. The first-order chi connectivity index (χ1) is 13.8. The smallest absolute Gasteiger partial charge is 0.275 e. The number of H-pyrrole nitrogens is 1. The third-order valence-electron chi connectivity index (χ3n) is 7.59. The van der Waals surface area contributed by atoms with Crippen LogP contribution in [0.4, 0.5) is 0 Å². The predicted octanol–water partition coefficient (Wildman–Crippen LogP) is 3.60. The van der Waals surface area contributed by atoms with E-state index in [1.165, 1.54) is 37.8 Å². The van der Waals surface area contributed by atoms with E-state index in [1.54, 1.807) is 0 Å². The van der Waals surface area contributed by atoms with Gasteiger partial charge in [-0.2, -0.15) is 5.10 Å². The van der Waals surface area contributed by atoms with Gasteiger partial charge in [-0.05, 0) is 56.6 Å². The summed E-state index contributed by atoms with van der Waals surface area (Å²) in [7, 11) is 0. The predicted molar refractivity (Wildman–Crippen MR) is 109 cm³/mol. The zero-order chi connectivity index (χ0) is 18.7. The number of aromatic amines is 1. The maximum absolute atomic E-state index is 13.6. The molecule has 146 valence electrons. The molecule has 1 aromatic carbocycles. The third kappa shape index (κ3) is 2.48. The molecule has 1 aliphatic carbocycles. The molecule has 2 bridgehead atoms. The van der Waals surface area contributed by atoms with Crippen LogP contribution in [-0.2, 0) is 0 Å². The number of aromatic nitrogens is 2. The van der Waals surface area contributed by atoms with Crippen LogP contribution in [0, 0.1) is 11.8 Å². The van der Waals surface area contributed by atoms with E-state index in [9.17, 15) is 4.79 Å². The lowest BCUT2D eigenvalue weighted by atomic mass is 9.68. The molecule has 6 rings (SSSR count). The van der Waals surface area contributed by atoms with Crippen molar-refractivity contribution in [3.63, 3.8) is 0 Å². The second-order valence-corrected chi connectivity index (χ2v) is 9.12. The summed E-state index contributed by atoms with van der Waals surface area (Å²) in [6, 6.07) is 8.98. The summed E-state index contributed by atoms with van der Waals surface area (Å²) >= 11 is 0. The minimum atomic E-state index is 0.104. The fourth-order valence-electron chi connectivity index (χ4n) is 6.46. The van der Waals surface area contributed by atoms with Crippen LogP contribution in [0.3, 0.4) is 0 Å². The summed E-state index contributed by atoms with van der Waals surface area (Å²) < 4.78 is 0. The van der Waals surface area contributed by atoms with E-state index in [0.717, 1.165) is 42.9 Å². The Morgan fingerprint density at radius 1 is 1.14 bits per heavy atom. The van der Waals surface area contributed by atoms with Gasteiger partial charge in [0.2, 0.25) is 0 Å². The van der Waals surface area contributed by atoms with Crippen LogP contribution in [0.2, 0.25) is 0 Å². The number of likely N-dealkylation sites (tertiary alicyclic amines) is 1. The van der Waals surface area contributed by atoms with Gasteiger partial charge in [-0.25, -0.2) is 0 Å². The number of fused-ring (bicyclic) bond motifs is 7. The maximum Gasteiger partial charge on any atom is 0.275 e. The van der Waals surface area contributed by atoms with Gasteiger partial charge < -0.3 is 4.90 Å². The molecule has 3 fully saturated rings. The third-order valence-corrected chi connectivity index (χ3v) is 7.59. The lowest BCUT2D eigenvalue weighted by Crippen LogP contribution is -2.60. The molecule has 3 saturated heterocycles. The van der Waals surface area contributed by atoms with Crippen LogP contribution >= 0.6 is 0 Å². The van der Waals surface area contributed by atoms with Crippen molar-refractivity contribution in [3.05, 3.63) is 41.6 Å². The summed E-state index contributed by atoms with van der Waals surface area (Å²) in [5, 5.41) is 8.39. The van der Waals surface area contributed by atoms with Crippen molar-refractivity contribution in [2.75, 3.05) is 19.6 Å². The van der Waals surface area contributed by atoms with E-state index in [2.05, 4.69) is 26.1 Å². The summed E-state index contributed by atoms with van der Waals surface area (Å²) in [5.41, 5.74) is 3.06. The minimum Gasteiger partial charge on any atom is -0.330 e. The number of hydrogen-bond acceptors (Lipinski definition) is 3. The van der Waals surface area contributed by atoms with Gasteiger partial charge in [0.1, 0.15) is 0 Å². The van der Waals surface area contributed by atoms with Crippen LogP contribution in [-0.4, -0.2) is 57.6 Å². The quantitative estimate of drug-likeness (QED) is 0.774.